The van der Waals surface area contributed by atoms with Crippen molar-refractivity contribution in [3.8, 4) is 5.75 Å². The quantitative estimate of drug-likeness (QED) is 0.845. The van der Waals surface area contributed by atoms with Crippen LogP contribution in [0.4, 0.5) is 0 Å². The van der Waals surface area contributed by atoms with Gasteiger partial charge in [0.2, 0.25) is 0 Å². The Hall–Kier alpha value is -1.06. The number of rotatable bonds is 4. The maximum absolute atomic E-state index is 5.98. The SMILES string of the molecule is COc1cccc([C@H](C)O[C@H]2CCNC2)c1. The fourth-order valence-corrected chi connectivity index (χ4v) is 2.01. The molecule has 1 fully saturated rings. The first-order chi connectivity index (χ1) is 7.79. The van der Waals surface area contributed by atoms with E-state index in [-0.39, 0.29) is 6.10 Å². The van der Waals surface area contributed by atoms with E-state index < -0.39 is 0 Å². The molecule has 3 nitrogen and oxygen atoms in total. The largest absolute Gasteiger partial charge is 0.497 e. The van der Waals surface area contributed by atoms with Crippen LogP contribution in [0.15, 0.2) is 24.3 Å². The van der Waals surface area contributed by atoms with Gasteiger partial charge in [-0.3, -0.25) is 0 Å². The highest BCUT2D eigenvalue weighted by atomic mass is 16.5. The number of ether oxygens (including phenoxy) is 2. The average Bonchev–Trinajstić information content (AvgIpc) is 2.82. The molecule has 0 unspecified atom stereocenters. The second-order valence-electron chi connectivity index (χ2n) is 4.17. The second kappa shape index (κ2) is 5.32. The van der Waals surface area contributed by atoms with E-state index in [9.17, 15) is 0 Å². The van der Waals surface area contributed by atoms with E-state index in [0.29, 0.717) is 6.10 Å². The Morgan fingerprint density at radius 3 is 3.00 bits per heavy atom. The molecule has 0 amide bonds. The first-order valence-corrected chi connectivity index (χ1v) is 5.79. The highest BCUT2D eigenvalue weighted by Gasteiger charge is 2.18. The van der Waals surface area contributed by atoms with Crippen LogP contribution in [0.2, 0.25) is 0 Å². The van der Waals surface area contributed by atoms with E-state index in [1.807, 2.05) is 18.2 Å². The summed E-state index contributed by atoms with van der Waals surface area (Å²) in [6.07, 6.45) is 1.58. The highest BCUT2D eigenvalue weighted by Crippen LogP contribution is 2.23. The minimum atomic E-state index is 0.125. The third-order valence-electron chi connectivity index (χ3n) is 2.97. The van der Waals surface area contributed by atoms with E-state index in [1.165, 1.54) is 5.56 Å². The first kappa shape index (κ1) is 11.4. The molecule has 1 heterocycles. The van der Waals surface area contributed by atoms with Crippen LogP contribution in [-0.4, -0.2) is 26.3 Å². The Labute approximate surface area is 96.8 Å². The molecule has 1 aliphatic heterocycles. The van der Waals surface area contributed by atoms with Crippen LogP contribution in [0.5, 0.6) is 5.75 Å². The summed E-state index contributed by atoms with van der Waals surface area (Å²) in [5.41, 5.74) is 1.17. The molecule has 1 aliphatic rings. The molecule has 2 atom stereocenters. The molecule has 1 aromatic rings. The van der Waals surface area contributed by atoms with Gasteiger partial charge in [0, 0.05) is 6.54 Å². The number of nitrogens with one attached hydrogen (secondary N) is 1. The standard InChI is InChI=1S/C13H19NO2/c1-10(16-13-6-7-14-9-13)11-4-3-5-12(8-11)15-2/h3-5,8,10,13-14H,6-7,9H2,1-2H3/t10-,13-/m0/s1. The summed E-state index contributed by atoms with van der Waals surface area (Å²) in [5.74, 6) is 0.887. The van der Waals surface area contributed by atoms with Crippen LogP contribution in [0.25, 0.3) is 0 Å². The van der Waals surface area contributed by atoms with Crippen molar-refractivity contribution in [2.75, 3.05) is 20.2 Å². The lowest BCUT2D eigenvalue weighted by atomic mass is 10.1. The third kappa shape index (κ3) is 2.74. The Kier molecular flexibility index (Phi) is 3.80. The topological polar surface area (TPSA) is 30.5 Å². The highest BCUT2D eigenvalue weighted by molar-refractivity contribution is 5.29. The Bertz CT molecular complexity index is 334. The van der Waals surface area contributed by atoms with Gasteiger partial charge in [-0.1, -0.05) is 12.1 Å². The normalized spacial score (nSPS) is 22.0. The number of hydrogen-bond acceptors (Lipinski definition) is 3. The van der Waals surface area contributed by atoms with Crippen molar-refractivity contribution in [1.82, 2.24) is 5.32 Å². The number of hydrogen-bond donors (Lipinski definition) is 1. The molecule has 1 N–H and O–H groups in total. The Morgan fingerprint density at radius 1 is 1.44 bits per heavy atom. The summed E-state index contributed by atoms with van der Waals surface area (Å²) in [4.78, 5) is 0. The van der Waals surface area contributed by atoms with E-state index in [4.69, 9.17) is 9.47 Å². The maximum atomic E-state index is 5.98. The lowest BCUT2D eigenvalue weighted by Gasteiger charge is -2.18. The van der Waals surface area contributed by atoms with Gasteiger partial charge in [-0.15, -0.1) is 0 Å². The van der Waals surface area contributed by atoms with E-state index in [2.05, 4.69) is 18.3 Å². The van der Waals surface area contributed by atoms with Gasteiger partial charge in [0.25, 0.3) is 0 Å². The van der Waals surface area contributed by atoms with Crippen molar-refractivity contribution in [2.24, 2.45) is 0 Å². The van der Waals surface area contributed by atoms with E-state index in [1.54, 1.807) is 7.11 Å². The molecule has 1 saturated heterocycles. The monoisotopic (exact) mass is 221 g/mol. The van der Waals surface area contributed by atoms with Gasteiger partial charge in [0.15, 0.2) is 0 Å². The van der Waals surface area contributed by atoms with Crippen LogP contribution in [0, 0.1) is 0 Å². The summed E-state index contributed by atoms with van der Waals surface area (Å²) in [6.45, 7) is 4.12. The summed E-state index contributed by atoms with van der Waals surface area (Å²) in [7, 11) is 1.69. The minimum Gasteiger partial charge on any atom is -0.497 e. The molecule has 0 spiro atoms. The lowest BCUT2D eigenvalue weighted by molar-refractivity contribution is 0.00819. The van der Waals surface area contributed by atoms with Gasteiger partial charge >= 0.3 is 0 Å². The minimum absolute atomic E-state index is 0.125. The predicted molar refractivity (Wildman–Crippen MR) is 63.8 cm³/mol. The summed E-state index contributed by atoms with van der Waals surface area (Å²) >= 11 is 0. The summed E-state index contributed by atoms with van der Waals surface area (Å²) in [6, 6.07) is 8.07. The van der Waals surface area contributed by atoms with Gasteiger partial charge < -0.3 is 14.8 Å². The number of benzene rings is 1. The molecule has 0 radical (unpaired) electrons. The molecule has 0 bridgehead atoms. The third-order valence-corrected chi connectivity index (χ3v) is 2.97. The van der Waals surface area contributed by atoms with Gasteiger partial charge in [-0.05, 0) is 37.6 Å². The second-order valence-corrected chi connectivity index (χ2v) is 4.17. The van der Waals surface area contributed by atoms with Crippen molar-refractivity contribution >= 4 is 0 Å². The molecule has 1 aromatic carbocycles. The van der Waals surface area contributed by atoms with Crippen molar-refractivity contribution in [1.29, 1.82) is 0 Å². The van der Waals surface area contributed by atoms with Crippen molar-refractivity contribution in [3.63, 3.8) is 0 Å². The molecule has 0 aliphatic carbocycles. The zero-order valence-electron chi connectivity index (χ0n) is 9.90. The van der Waals surface area contributed by atoms with Gasteiger partial charge in [-0.25, -0.2) is 0 Å². The predicted octanol–water partition coefficient (Wildman–Crippen LogP) is 2.13. The van der Waals surface area contributed by atoms with Crippen LogP contribution in [0.1, 0.15) is 25.0 Å². The van der Waals surface area contributed by atoms with Crippen molar-refractivity contribution < 1.29 is 9.47 Å². The fraction of sp³-hybridized carbons (Fsp3) is 0.538. The van der Waals surface area contributed by atoms with Crippen LogP contribution < -0.4 is 10.1 Å². The van der Waals surface area contributed by atoms with E-state index >= 15 is 0 Å². The molecule has 16 heavy (non-hydrogen) atoms. The zero-order chi connectivity index (χ0) is 11.4. The van der Waals surface area contributed by atoms with Gasteiger partial charge in [-0.2, -0.15) is 0 Å². The Morgan fingerprint density at radius 2 is 2.31 bits per heavy atom. The van der Waals surface area contributed by atoms with Gasteiger partial charge in [0.05, 0.1) is 19.3 Å². The fourth-order valence-electron chi connectivity index (χ4n) is 2.01. The molecule has 0 saturated carbocycles. The van der Waals surface area contributed by atoms with Crippen molar-refractivity contribution in [3.05, 3.63) is 29.8 Å². The lowest BCUT2D eigenvalue weighted by Crippen LogP contribution is -2.18. The molecule has 3 heteroatoms. The molecular formula is C13H19NO2. The number of methoxy groups -OCH3 is 1. The Balaban J connectivity index is 1.98. The van der Waals surface area contributed by atoms with E-state index in [0.717, 1.165) is 25.3 Å². The van der Waals surface area contributed by atoms with Crippen LogP contribution in [0.3, 0.4) is 0 Å². The molecule has 0 aromatic heterocycles. The maximum Gasteiger partial charge on any atom is 0.119 e. The molecule has 88 valence electrons. The van der Waals surface area contributed by atoms with Crippen LogP contribution >= 0.6 is 0 Å². The zero-order valence-corrected chi connectivity index (χ0v) is 9.90. The van der Waals surface area contributed by atoms with Crippen LogP contribution in [-0.2, 0) is 4.74 Å². The summed E-state index contributed by atoms with van der Waals surface area (Å²) in [5, 5.41) is 3.30. The first-order valence-electron chi connectivity index (χ1n) is 5.79. The molecular weight excluding hydrogens is 202 g/mol. The van der Waals surface area contributed by atoms with Crippen molar-refractivity contribution in [2.45, 2.75) is 25.6 Å². The smallest absolute Gasteiger partial charge is 0.119 e. The molecule has 2 rings (SSSR count). The summed E-state index contributed by atoms with van der Waals surface area (Å²) < 4.78 is 11.2. The van der Waals surface area contributed by atoms with Gasteiger partial charge in [0.1, 0.15) is 5.75 Å². The average molecular weight is 221 g/mol.